The van der Waals surface area contributed by atoms with Gasteiger partial charge in [0.1, 0.15) is 34.7 Å². The Kier molecular flexibility index (Phi) is 24.4. The van der Waals surface area contributed by atoms with Gasteiger partial charge >= 0.3 is 0 Å². The Balaban J connectivity index is -0.000000108. The number of ketones is 6. The van der Waals surface area contributed by atoms with Crippen LogP contribution in [0, 0.1) is 38.2 Å². The van der Waals surface area contributed by atoms with Gasteiger partial charge in [0.05, 0.1) is 19.3 Å². The quantitative estimate of drug-likeness (QED) is 0.556. The molecule has 0 bridgehead atoms. The Hall–Kier alpha value is -0.707. The summed E-state index contributed by atoms with van der Waals surface area (Å²) in [6.45, 7) is 8.42. The van der Waals surface area contributed by atoms with Gasteiger partial charge in [-0.3, -0.25) is 28.8 Å². The van der Waals surface area contributed by atoms with E-state index in [0.717, 1.165) is 0 Å². The summed E-state index contributed by atoms with van der Waals surface area (Å²) in [4.78, 5) is 60.2. The molecule has 0 aromatic carbocycles. The summed E-state index contributed by atoms with van der Waals surface area (Å²) in [7, 11) is 0. The summed E-state index contributed by atoms with van der Waals surface area (Å²) in [5, 5.41) is 0. The first-order valence-corrected chi connectivity index (χ1v) is 6.35. The summed E-state index contributed by atoms with van der Waals surface area (Å²) in [6.07, 6.45) is 0.250. The number of carbonyl (C=O) groups is 6. The largest absolute Gasteiger partial charge is 0.300 e. The third-order valence-electron chi connectivity index (χ3n) is 1.49. The summed E-state index contributed by atoms with van der Waals surface area (Å²) < 4.78 is 0. The van der Waals surface area contributed by atoms with Crippen molar-refractivity contribution in [1.82, 2.24) is 0 Å². The van der Waals surface area contributed by atoms with Crippen LogP contribution in [0.3, 0.4) is 0 Å². The first-order chi connectivity index (χ1) is 9.38. The molecule has 0 fully saturated rings. The monoisotopic (exact) mass is 464 g/mol. The molecule has 0 aliphatic carbocycles. The van der Waals surface area contributed by atoms with Crippen LogP contribution < -0.4 is 0 Å². The molecule has 0 spiro atoms. The van der Waals surface area contributed by atoms with Gasteiger partial charge in [-0.1, -0.05) is 0 Å². The normalized spacial score (nSPS) is 7.91. The molecule has 0 amide bonds. The Morgan fingerprint density at radius 1 is 0.409 bits per heavy atom. The van der Waals surface area contributed by atoms with E-state index in [2.05, 4.69) is 0 Å². The van der Waals surface area contributed by atoms with Crippen LogP contribution in [0.1, 0.15) is 60.8 Å². The Labute approximate surface area is 161 Å². The van der Waals surface area contributed by atoms with E-state index in [0.29, 0.717) is 0 Å². The van der Waals surface area contributed by atoms with E-state index in [1.165, 1.54) is 41.5 Å². The van der Waals surface area contributed by atoms with E-state index >= 15 is 0 Å². The molecule has 130 valence electrons. The predicted molar refractivity (Wildman–Crippen MR) is 77.9 cm³/mol. The summed E-state index contributed by atoms with van der Waals surface area (Å²) in [5.74, 6) is -0.375. The van der Waals surface area contributed by atoms with Gasteiger partial charge in [0.15, 0.2) is 0 Å². The van der Waals surface area contributed by atoms with Crippen molar-refractivity contribution in [2.45, 2.75) is 60.8 Å². The number of hydrogen-bond acceptors (Lipinski definition) is 6. The molecule has 0 aliphatic rings. The molecule has 0 unspecified atom stereocenters. The van der Waals surface area contributed by atoms with Gasteiger partial charge in [-0.25, -0.2) is 0 Å². The molecule has 0 aliphatic heterocycles. The standard InChI is InChI=1S/3C5H8O2.Dy/c3*1-4(6)3-5(2)7;/h3*3H2,1-2H3;. The van der Waals surface area contributed by atoms with Crippen LogP contribution in [0.25, 0.3) is 0 Å². The molecule has 0 heterocycles. The molecule has 0 saturated heterocycles. The third kappa shape index (κ3) is 50.6. The van der Waals surface area contributed by atoms with Crippen molar-refractivity contribution >= 4 is 34.7 Å². The minimum atomic E-state index is -0.0625. The van der Waals surface area contributed by atoms with Gasteiger partial charge in [0.2, 0.25) is 0 Å². The van der Waals surface area contributed by atoms with E-state index in [-0.39, 0.29) is 92.1 Å². The second-order valence-corrected chi connectivity index (χ2v) is 4.74. The molecular weight excluding hydrogens is 439 g/mol. The van der Waals surface area contributed by atoms with Gasteiger partial charge in [-0.15, -0.1) is 0 Å². The Bertz CT molecular complexity index is 314. The molecule has 0 radical (unpaired) electrons. The maximum atomic E-state index is 10.0. The van der Waals surface area contributed by atoms with E-state index in [1.807, 2.05) is 0 Å². The van der Waals surface area contributed by atoms with Crippen molar-refractivity contribution in [3.05, 3.63) is 0 Å². The average molecular weight is 463 g/mol. The van der Waals surface area contributed by atoms with Crippen molar-refractivity contribution in [1.29, 1.82) is 0 Å². The van der Waals surface area contributed by atoms with Crippen molar-refractivity contribution in [3.8, 4) is 0 Å². The van der Waals surface area contributed by atoms with Crippen molar-refractivity contribution in [2.24, 2.45) is 0 Å². The van der Waals surface area contributed by atoms with Gasteiger partial charge in [-0.05, 0) is 41.5 Å². The zero-order valence-corrected chi connectivity index (χ0v) is 15.9. The van der Waals surface area contributed by atoms with Crippen LogP contribution in [-0.2, 0) is 28.8 Å². The molecule has 0 atom stereocenters. The number of hydrogen-bond donors (Lipinski definition) is 0. The first kappa shape index (κ1) is 29.3. The molecule has 0 N–H and O–H groups in total. The van der Waals surface area contributed by atoms with Crippen LogP contribution in [0.15, 0.2) is 0 Å². The van der Waals surface area contributed by atoms with Crippen LogP contribution in [-0.4, -0.2) is 34.7 Å². The SMILES string of the molecule is CC(=O)CC(C)=O.CC(=O)CC(C)=O.CC(=O)CC(C)=O.[Dy]. The van der Waals surface area contributed by atoms with Gasteiger partial charge in [0, 0.05) is 38.2 Å². The van der Waals surface area contributed by atoms with Crippen molar-refractivity contribution in [3.63, 3.8) is 0 Å². The maximum Gasteiger partial charge on any atom is 0.137 e. The minimum absolute atomic E-state index is 0. The fraction of sp³-hybridized carbons (Fsp3) is 0.600. The third-order valence-corrected chi connectivity index (χ3v) is 1.49. The summed E-state index contributed by atoms with van der Waals surface area (Å²) in [6, 6.07) is 0. The number of Topliss-reactive ketones (excluding diaryl/α,β-unsaturated/α-hetero) is 6. The molecule has 0 saturated carbocycles. The predicted octanol–water partition coefficient (Wildman–Crippen LogP) is 1.66. The van der Waals surface area contributed by atoms with E-state index in [9.17, 15) is 28.8 Å². The van der Waals surface area contributed by atoms with Gasteiger partial charge < -0.3 is 0 Å². The maximum absolute atomic E-state index is 10.0. The zero-order valence-electron chi connectivity index (χ0n) is 13.9. The minimum Gasteiger partial charge on any atom is -0.300 e. The number of carbonyl (C=O) groups excluding carboxylic acids is 6. The molecule has 0 rings (SSSR count). The van der Waals surface area contributed by atoms with Gasteiger partial charge in [-0.2, -0.15) is 0 Å². The fourth-order valence-corrected chi connectivity index (χ4v) is 1.05. The Morgan fingerprint density at radius 2 is 0.500 bits per heavy atom. The molecular formula is C15H24DyO6. The molecule has 0 aromatic rings. The average Bonchev–Trinajstić information content (AvgIpc) is 2.10. The van der Waals surface area contributed by atoms with Crippen molar-refractivity contribution in [2.75, 3.05) is 0 Å². The molecule has 7 heteroatoms. The van der Waals surface area contributed by atoms with Crippen molar-refractivity contribution < 1.29 is 66.9 Å². The summed E-state index contributed by atoms with van der Waals surface area (Å²) in [5.41, 5.74) is 0. The second-order valence-electron chi connectivity index (χ2n) is 4.74. The number of rotatable bonds is 6. The van der Waals surface area contributed by atoms with Gasteiger partial charge in [0.25, 0.3) is 0 Å². The summed E-state index contributed by atoms with van der Waals surface area (Å²) >= 11 is 0. The van der Waals surface area contributed by atoms with E-state index in [1.54, 1.807) is 0 Å². The van der Waals surface area contributed by atoms with E-state index < -0.39 is 0 Å². The molecule has 22 heavy (non-hydrogen) atoms. The zero-order chi connectivity index (χ0) is 17.6. The topological polar surface area (TPSA) is 102 Å². The van der Waals surface area contributed by atoms with Crippen LogP contribution in [0.2, 0.25) is 0 Å². The second kappa shape index (κ2) is 18.3. The van der Waals surface area contributed by atoms with E-state index in [4.69, 9.17) is 0 Å². The molecule has 6 nitrogen and oxygen atoms in total. The first-order valence-electron chi connectivity index (χ1n) is 6.35. The van der Waals surface area contributed by atoms with Crippen LogP contribution >= 0.6 is 0 Å². The fourth-order valence-electron chi connectivity index (χ4n) is 1.05. The van der Waals surface area contributed by atoms with Crippen LogP contribution in [0.5, 0.6) is 0 Å². The smallest absolute Gasteiger partial charge is 0.137 e. The molecule has 0 aromatic heterocycles. The Morgan fingerprint density at radius 3 is 0.500 bits per heavy atom. The van der Waals surface area contributed by atoms with Crippen LogP contribution in [0.4, 0.5) is 0 Å².